The Labute approximate surface area is 82.5 Å². The second-order valence-corrected chi connectivity index (χ2v) is 4.11. The average Bonchev–Trinajstić information content (AvgIpc) is 2.02. The molecule has 0 atom stereocenters. The molecule has 1 aliphatic carbocycles. The van der Waals surface area contributed by atoms with Gasteiger partial charge in [-0.3, -0.25) is 0 Å². The van der Waals surface area contributed by atoms with Crippen LogP contribution in [-0.2, 0) is 0 Å². The largest absolute Gasteiger partial charge is 0.412 e. The molecule has 0 saturated carbocycles. The number of hydrogen-bond donors (Lipinski definition) is 0. The van der Waals surface area contributed by atoms with Crippen molar-refractivity contribution in [2.24, 2.45) is 5.92 Å². The molecular weight excluding hydrogens is 189 g/mol. The summed E-state index contributed by atoms with van der Waals surface area (Å²) in [6.07, 6.45) is 0.320. The molecule has 0 radical (unpaired) electrons. The molecule has 14 heavy (non-hydrogen) atoms. The van der Waals surface area contributed by atoms with Crippen molar-refractivity contribution in [3.05, 3.63) is 23.3 Å². The minimum Gasteiger partial charge on any atom is -0.166 e. The molecule has 0 nitrogen and oxygen atoms in total. The van der Waals surface area contributed by atoms with Crippen LogP contribution in [0.5, 0.6) is 0 Å². The van der Waals surface area contributed by atoms with Crippen LogP contribution in [0.1, 0.15) is 33.1 Å². The molecule has 0 heterocycles. The number of allylic oxidation sites excluding steroid dienone is 4. The van der Waals surface area contributed by atoms with Gasteiger partial charge in [0.2, 0.25) is 0 Å². The highest BCUT2D eigenvalue weighted by atomic mass is 19.4. The maximum atomic E-state index is 12.2. The molecule has 0 aromatic rings. The van der Waals surface area contributed by atoms with Crippen molar-refractivity contribution in [3.63, 3.8) is 0 Å². The van der Waals surface area contributed by atoms with Crippen LogP contribution in [0.25, 0.3) is 0 Å². The highest BCUT2D eigenvalue weighted by Crippen LogP contribution is 2.34. The van der Waals surface area contributed by atoms with E-state index >= 15 is 0 Å². The van der Waals surface area contributed by atoms with Gasteiger partial charge in [-0.05, 0) is 25.2 Å². The van der Waals surface area contributed by atoms with Gasteiger partial charge in [0, 0.05) is 5.57 Å². The third kappa shape index (κ3) is 3.20. The fourth-order valence-electron chi connectivity index (χ4n) is 1.61. The predicted molar refractivity (Wildman–Crippen MR) is 50.9 cm³/mol. The molecule has 0 amide bonds. The molecule has 0 aliphatic heterocycles. The second kappa shape index (κ2) is 4.20. The van der Waals surface area contributed by atoms with Crippen molar-refractivity contribution in [1.29, 1.82) is 0 Å². The normalized spacial score (nSPS) is 18.1. The van der Waals surface area contributed by atoms with Crippen molar-refractivity contribution in [2.45, 2.75) is 39.3 Å². The Morgan fingerprint density at radius 3 is 2.21 bits per heavy atom. The maximum absolute atomic E-state index is 12.2. The molecule has 0 spiro atoms. The summed E-state index contributed by atoms with van der Waals surface area (Å²) in [5.74, 6) is 0.516. The van der Waals surface area contributed by atoms with Crippen LogP contribution in [0.15, 0.2) is 23.3 Å². The zero-order valence-corrected chi connectivity index (χ0v) is 8.49. The maximum Gasteiger partial charge on any atom is 0.412 e. The Morgan fingerprint density at radius 2 is 1.86 bits per heavy atom. The molecule has 0 unspecified atom stereocenters. The van der Waals surface area contributed by atoms with Crippen molar-refractivity contribution in [2.75, 3.05) is 0 Å². The molecule has 0 bridgehead atoms. The quantitative estimate of drug-likeness (QED) is 0.631. The lowest BCUT2D eigenvalue weighted by Crippen LogP contribution is -2.13. The zero-order chi connectivity index (χ0) is 10.8. The Hall–Kier alpha value is -0.730. The first kappa shape index (κ1) is 11.3. The lowest BCUT2D eigenvalue weighted by atomic mass is 9.92. The lowest BCUT2D eigenvalue weighted by molar-refractivity contribution is -0.0941. The van der Waals surface area contributed by atoms with E-state index in [2.05, 4.69) is 13.8 Å². The van der Waals surface area contributed by atoms with E-state index in [4.69, 9.17) is 0 Å². The number of halogens is 3. The van der Waals surface area contributed by atoms with E-state index < -0.39 is 11.7 Å². The predicted octanol–water partition coefficient (Wildman–Crippen LogP) is 4.24. The fraction of sp³-hybridized carbons (Fsp3) is 0.636. The van der Waals surface area contributed by atoms with Gasteiger partial charge in [-0.2, -0.15) is 13.2 Å². The minimum absolute atomic E-state index is 0.141. The van der Waals surface area contributed by atoms with Crippen LogP contribution >= 0.6 is 0 Å². The smallest absolute Gasteiger partial charge is 0.166 e. The van der Waals surface area contributed by atoms with Crippen LogP contribution in [-0.4, -0.2) is 6.18 Å². The van der Waals surface area contributed by atoms with Gasteiger partial charge in [0.1, 0.15) is 0 Å². The van der Waals surface area contributed by atoms with E-state index in [1.807, 2.05) is 0 Å². The summed E-state index contributed by atoms with van der Waals surface area (Å²) in [6, 6.07) is 0. The third-order valence-corrected chi connectivity index (χ3v) is 2.27. The molecule has 0 N–H and O–H groups in total. The molecule has 0 fully saturated rings. The van der Waals surface area contributed by atoms with E-state index in [1.165, 1.54) is 6.08 Å². The Morgan fingerprint density at radius 1 is 1.21 bits per heavy atom. The van der Waals surface area contributed by atoms with Crippen LogP contribution in [0, 0.1) is 5.92 Å². The minimum atomic E-state index is -4.14. The number of hydrogen-bond acceptors (Lipinski definition) is 0. The van der Waals surface area contributed by atoms with Gasteiger partial charge in [-0.15, -0.1) is 0 Å². The summed E-state index contributed by atoms with van der Waals surface area (Å²) in [4.78, 5) is 0. The van der Waals surface area contributed by atoms with E-state index in [9.17, 15) is 13.2 Å². The molecule has 80 valence electrons. The number of alkyl halides is 3. The molecule has 0 saturated heterocycles. The number of rotatable bonds is 2. The van der Waals surface area contributed by atoms with Crippen molar-refractivity contribution < 1.29 is 13.2 Å². The van der Waals surface area contributed by atoms with Gasteiger partial charge in [-0.25, -0.2) is 0 Å². The molecule has 1 rings (SSSR count). The average molecular weight is 204 g/mol. The first-order chi connectivity index (χ1) is 6.39. The van der Waals surface area contributed by atoms with Gasteiger partial charge in [-0.1, -0.05) is 31.6 Å². The monoisotopic (exact) mass is 204 g/mol. The van der Waals surface area contributed by atoms with Crippen molar-refractivity contribution in [1.82, 2.24) is 0 Å². The van der Waals surface area contributed by atoms with Gasteiger partial charge in [0.25, 0.3) is 0 Å². The van der Waals surface area contributed by atoms with E-state index in [0.717, 1.165) is 12.0 Å². The van der Waals surface area contributed by atoms with Gasteiger partial charge < -0.3 is 0 Å². The highest BCUT2D eigenvalue weighted by molar-refractivity contribution is 5.26. The highest BCUT2D eigenvalue weighted by Gasteiger charge is 2.33. The van der Waals surface area contributed by atoms with E-state index in [-0.39, 0.29) is 6.42 Å². The summed E-state index contributed by atoms with van der Waals surface area (Å²) in [5.41, 5.74) is 0.734. The van der Waals surface area contributed by atoms with Crippen molar-refractivity contribution >= 4 is 0 Å². The third-order valence-electron chi connectivity index (χ3n) is 2.27. The summed E-state index contributed by atoms with van der Waals surface area (Å²) >= 11 is 0. The van der Waals surface area contributed by atoms with Crippen LogP contribution < -0.4 is 0 Å². The lowest BCUT2D eigenvalue weighted by Gasteiger charge is -2.17. The van der Waals surface area contributed by atoms with Crippen LogP contribution in [0.4, 0.5) is 13.2 Å². The standard InChI is InChI=1S/C11H15F3/c1-8(2)7-9-3-5-10(6-4-9)11(12,13)14/h3,5,8H,4,6-7H2,1-2H3. The fourth-order valence-corrected chi connectivity index (χ4v) is 1.61. The Balaban J connectivity index is 2.65. The molecule has 0 aromatic heterocycles. The first-order valence-electron chi connectivity index (χ1n) is 4.85. The summed E-state index contributed by atoms with van der Waals surface area (Å²) in [5, 5.41) is 0. The van der Waals surface area contributed by atoms with Gasteiger partial charge in [0.05, 0.1) is 0 Å². The van der Waals surface area contributed by atoms with E-state index in [1.54, 1.807) is 6.08 Å². The Bertz CT molecular complexity index is 256. The summed E-state index contributed by atoms with van der Waals surface area (Å²) < 4.78 is 36.7. The van der Waals surface area contributed by atoms with Crippen LogP contribution in [0.3, 0.4) is 0 Å². The van der Waals surface area contributed by atoms with Gasteiger partial charge >= 0.3 is 6.18 Å². The molecular formula is C11H15F3. The molecule has 0 aromatic carbocycles. The molecule has 1 aliphatic rings. The topological polar surface area (TPSA) is 0 Å². The zero-order valence-electron chi connectivity index (χ0n) is 8.49. The SMILES string of the molecule is CC(C)CC1=CC=C(C(F)(F)F)CC1. The van der Waals surface area contributed by atoms with Crippen molar-refractivity contribution in [3.8, 4) is 0 Å². The summed E-state index contributed by atoms with van der Waals surface area (Å²) in [7, 11) is 0. The van der Waals surface area contributed by atoms with Crippen LogP contribution in [0.2, 0.25) is 0 Å². The van der Waals surface area contributed by atoms with E-state index in [0.29, 0.717) is 12.3 Å². The molecule has 3 heteroatoms. The van der Waals surface area contributed by atoms with Gasteiger partial charge in [0.15, 0.2) is 0 Å². The Kier molecular flexibility index (Phi) is 3.40. The summed E-state index contributed by atoms with van der Waals surface area (Å²) in [6.45, 7) is 4.15. The first-order valence-corrected chi connectivity index (χ1v) is 4.85. The second-order valence-electron chi connectivity index (χ2n) is 4.11.